The smallest absolute Gasteiger partial charge is 0.254 e. The molecule has 3 aromatic rings. The van der Waals surface area contributed by atoms with Gasteiger partial charge in [0.05, 0.1) is 27.4 Å². The number of carbonyl (C=O) groups is 1. The molecule has 2 heterocycles. The summed E-state index contributed by atoms with van der Waals surface area (Å²) in [7, 11) is 4.74. The van der Waals surface area contributed by atoms with Crippen LogP contribution in [0.25, 0.3) is 10.9 Å². The van der Waals surface area contributed by atoms with E-state index in [0.29, 0.717) is 35.3 Å². The Morgan fingerprint density at radius 3 is 2.31 bits per heavy atom. The van der Waals surface area contributed by atoms with Crippen LogP contribution in [0.4, 0.5) is 0 Å². The Morgan fingerprint density at radius 2 is 1.61 bits per heavy atom. The van der Waals surface area contributed by atoms with Gasteiger partial charge >= 0.3 is 0 Å². The fourth-order valence-electron chi connectivity index (χ4n) is 6.93. The number of ether oxygens (including phenoxy) is 3. The van der Waals surface area contributed by atoms with Gasteiger partial charge in [0.2, 0.25) is 5.75 Å². The molecule has 1 unspecified atom stereocenters. The van der Waals surface area contributed by atoms with E-state index in [1.54, 1.807) is 33.5 Å². The van der Waals surface area contributed by atoms with Crippen LogP contribution in [0.15, 0.2) is 30.3 Å². The number of rotatable bonds is 5. The van der Waals surface area contributed by atoms with Gasteiger partial charge in [0.25, 0.3) is 5.91 Å². The molecular weight excluding hydrogens is 452 g/mol. The normalized spacial score (nSPS) is 19.8. The quantitative estimate of drug-likeness (QED) is 0.426. The average molecular weight is 489 g/mol. The SMILES string of the molecule is COc1cc(C(=O)N2CCn3c4c(c5cc(C6CCCCC6)ccc53)CCCC42)cc(OC)c1OC. The summed E-state index contributed by atoms with van der Waals surface area (Å²) in [5.41, 5.74) is 6.23. The van der Waals surface area contributed by atoms with Crippen LogP contribution in [0.5, 0.6) is 17.2 Å². The van der Waals surface area contributed by atoms with Gasteiger partial charge in [0.1, 0.15) is 0 Å². The van der Waals surface area contributed by atoms with Gasteiger partial charge in [-0.1, -0.05) is 25.3 Å². The number of aryl methyl sites for hydroxylation is 1. The van der Waals surface area contributed by atoms with Gasteiger partial charge in [-0.15, -0.1) is 0 Å². The highest BCUT2D eigenvalue weighted by Gasteiger charge is 2.38. The molecule has 1 saturated carbocycles. The van der Waals surface area contributed by atoms with Crippen LogP contribution in [0.3, 0.4) is 0 Å². The fourth-order valence-corrected chi connectivity index (χ4v) is 6.93. The predicted molar refractivity (Wildman–Crippen MR) is 141 cm³/mol. The van der Waals surface area contributed by atoms with Crippen molar-refractivity contribution in [3.63, 3.8) is 0 Å². The summed E-state index contributed by atoms with van der Waals surface area (Å²) in [6.45, 7) is 1.52. The molecule has 3 aliphatic rings. The van der Waals surface area contributed by atoms with Crippen molar-refractivity contribution in [3.05, 3.63) is 52.7 Å². The fraction of sp³-hybridized carbons (Fsp3) is 0.500. The monoisotopic (exact) mass is 488 g/mol. The maximum absolute atomic E-state index is 13.9. The highest BCUT2D eigenvalue weighted by molar-refractivity contribution is 5.96. The minimum atomic E-state index is 0.0199. The molecule has 2 aliphatic carbocycles. The van der Waals surface area contributed by atoms with Crippen molar-refractivity contribution in [2.45, 2.75) is 69.9 Å². The first-order valence-corrected chi connectivity index (χ1v) is 13.4. The zero-order chi connectivity index (χ0) is 24.8. The molecule has 1 aromatic heterocycles. The Kier molecular flexibility index (Phi) is 6.06. The van der Waals surface area contributed by atoms with Gasteiger partial charge in [-0.3, -0.25) is 4.79 Å². The van der Waals surface area contributed by atoms with E-state index in [9.17, 15) is 4.79 Å². The number of fused-ring (bicyclic) bond motifs is 3. The molecule has 1 fully saturated rings. The highest BCUT2D eigenvalue weighted by atomic mass is 16.5. The van der Waals surface area contributed by atoms with E-state index in [-0.39, 0.29) is 11.9 Å². The summed E-state index contributed by atoms with van der Waals surface area (Å²) >= 11 is 0. The van der Waals surface area contributed by atoms with Crippen molar-refractivity contribution in [1.29, 1.82) is 0 Å². The molecule has 190 valence electrons. The molecule has 0 saturated heterocycles. The van der Waals surface area contributed by atoms with Gasteiger partial charge in [-0.25, -0.2) is 0 Å². The number of hydrogen-bond donors (Lipinski definition) is 0. The summed E-state index contributed by atoms with van der Waals surface area (Å²) in [6, 6.07) is 10.8. The number of benzene rings is 2. The standard InChI is InChI=1S/C30H36N2O4/c1-34-26-17-21(18-27(35-2)29(26)36-3)30(33)32-15-14-31-24-13-12-20(19-8-5-4-6-9-19)16-23(24)22-10-7-11-25(32)28(22)31/h12-13,16-19,25H,4-11,14-15H2,1-3H3. The third-order valence-corrected chi connectivity index (χ3v) is 8.65. The van der Waals surface area contributed by atoms with E-state index < -0.39 is 0 Å². The maximum atomic E-state index is 13.9. The highest BCUT2D eigenvalue weighted by Crippen LogP contribution is 2.45. The lowest BCUT2D eigenvalue weighted by Crippen LogP contribution is -2.43. The molecule has 0 radical (unpaired) electrons. The van der Waals surface area contributed by atoms with Crippen LogP contribution in [-0.2, 0) is 13.0 Å². The molecular formula is C30H36N2O4. The number of hydrogen-bond acceptors (Lipinski definition) is 4. The average Bonchev–Trinajstić information content (AvgIpc) is 3.27. The van der Waals surface area contributed by atoms with Crippen LogP contribution < -0.4 is 14.2 Å². The zero-order valence-corrected chi connectivity index (χ0v) is 21.6. The summed E-state index contributed by atoms with van der Waals surface area (Å²) in [5.74, 6) is 2.23. The first-order chi connectivity index (χ1) is 17.6. The lowest BCUT2D eigenvalue weighted by molar-refractivity contribution is 0.0600. The predicted octanol–water partition coefficient (Wildman–Crippen LogP) is 6.25. The third kappa shape index (κ3) is 3.64. The second-order valence-corrected chi connectivity index (χ2v) is 10.4. The second kappa shape index (κ2) is 9.38. The summed E-state index contributed by atoms with van der Waals surface area (Å²) in [4.78, 5) is 16.0. The molecule has 6 heteroatoms. The van der Waals surface area contributed by atoms with Gasteiger partial charge in [-0.2, -0.15) is 0 Å². The topological polar surface area (TPSA) is 52.9 Å². The van der Waals surface area contributed by atoms with Crippen molar-refractivity contribution in [2.24, 2.45) is 0 Å². The lowest BCUT2D eigenvalue weighted by Gasteiger charge is -2.40. The molecule has 0 N–H and O–H groups in total. The van der Waals surface area contributed by atoms with Gasteiger partial charge in [0.15, 0.2) is 11.5 Å². The van der Waals surface area contributed by atoms with Crippen LogP contribution in [0, 0.1) is 0 Å². The molecule has 1 amide bonds. The van der Waals surface area contributed by atoms with E-state index in [0.717, 1.165) is 25.8 Å². The van der Waals surface area contributed by atoms with E-state index in [1.165, 1.54) is 59.8 Å². The summed E-state index contributed by atoms with van der Waals surface area (Å²) in [5, 5.41) is 1.42. The molecule has 36 heavy (non-hydrogen) atoms. The number of nitrogens with zero attached hydrogens (tertiary/aromatic N) is 2. The molecule has 6 nitrogen and oxygen atoms in total. The summed E-state index contributed by atoms with van der Waals surface area (Å²) in [6.07, 6.45) is 9.89. The number of aromatic nitrogens is 1. The van der Waals surface area contributed by atoms with Crippen molar-refractivity contribution in [2.75, 3.05) is 27.9 Å². The minimum absolute atomic E-state index is 0.0199. The Hall–Kier alpha value is -3.15. The first kappa shape index (κ1) is 23.3. The lowest BCUT2D eigenvalue weighted by atomic mass is 9.83. The van der Waals surface area contributed by atoms with Crippen molar-refractivity contribution >= 4 is 16.8 Å². The first-order valence-electron chi connectivity index (χ1n) is 13.4. The molecule has 2 aromatic carbocycles. The Bertz CT molecular complexity index is 1280. The van der Waals surface area contributed by atoms with Gasteiger partial charge in [0, 0.05) is 35.2 Å². The van der Waals surface area contributed by atoms with Gasteiger partial charge in [-0.05, 0) is 73.4 Å². The van der Waals surface area contributed by atoms with E-state index in [4.69, 9.17) is 14.2 Å². The molecule has 0 bridgehead atoms. The summed E-state index contributed by atoms with van der Waals surface area (Å²) < 4.78 is 19.0. The van der Waals surface area contributed by atoms with E-state index in [2.05, 4.69) is 27.7 Å². The van der Waals surface area contributed by atoms with Crippen molar-refractivity contribution in [1.82, 2.24) is 9.47 Å². The zero-order valence-electron chi connectivity index (χ0n) is 21.6. The van der Waals surface area contributed by atoms with Crippen molar-refractivity contribution in [3.8, 4) is 17.2 Å². The Balaban J connectivity index is 1.38. The third-order valence-electron chi connectivity index (χ3n) is 8.65. The number of methoxy groups -OCH3 is 3. The number of carbonyl (C=O) groups excluding carboxylic acids is 1. The minimum Gasteiger partial charge on any atom is -0.493 e. The van der Waals surface area contributed by atoms with E-state index in [1.807, 2.05) is 0 Å². The van der Waals surface area contributed by atoms with Gasteiger partial charge < -0.3 is 23.7 Å². The second-order valence-electron chi connectivity index (χ2n) is 10.4. The van der Waals surface area contributed by atoms with Crippen LogP contribution >= 0.6 is 0 Å². The Labute approximate surface area is 213 Å². The Morgan fingerprint density at radius 1 is 0.861 bits per heavy atom. The molecule has 1 aliphatic heterocycles. The van der Waals surface area contributed by atoms with Crippen LogP contribution in [0.2, 0.25) is 0 Å². The van der Waals surface area contributed by atoms with Crippen LogP contribution in [-0.4, -0.2) is 43.2 Å². The number of amides is 1. The van der Waals surface area contributed by atoms with Crippen molar-refractivity contribution < 1.29 is 19.0 Å². The van der Waals surface area contributed by atoms with Crippen LogP contribution in [0.1, 0.15) is 84.1 Å². The maximum Gasteiger partial charge on any atom is 0.254 e. The largest absolute Gasteiger partial charge is 0.493 e. The molecule has 6 rings (SSSR count). The molecule has 0 spiro atoms. The molecule has 1 atom stereocenters. The van der Waals surface area contributed by atoms with E-state index >= 15 is 0 Å².